The molecule has 0 aliphatic rings. The number of nitrogens with one attached hydrogen (secondary N) is 2. The van der Waals surface area contributed by atoms with Gasteiger partial charge in [-0.05, 0) is 44.2 Å². The van der Waals surface area contributed by atoms with E-state index < -0.39 is 10.0 Å². The average Bonchev–Trinajstić information content (AvgIpc) is 3.05. The molecule has 2 aromatic heterocycles. The minimum atomic E-state index is -3.35. The zero-order chi connectivity index (χ0) is 19.9. The maximum atomic E-state index is 11.4. The number of hydrogen-bond acceptors (Lipinski definition) is 7. The summed E-state index contributed by atoms with van der Waals surface area (Å²) in [5, 5.41) is 12.4. The summed E-state index contributed by atoms with van der Waals surface area (Å²) in [6.07, 6.45) is 2.84. The Morgan fingerprint density at radius 2 is 1.89 bits per heavy atom. The van der Waals surface area contributed by atoms with Crippen LogP contribution in [-0.2, 0) is 10.0 Å². The molecule has 0 bridgehead atoms. The van der Waals surface area contributed by atoms with Crippen LogP contribution in [0.5, 0.6) is 0 Å². The fourth-order valence-corrected chi connectivity index (χ4v) is 3.50. The van der Waals surface area contributed by atoms with E-state index in [1.54, 1.807) is 24.4 Å². The van der Waals surface area contributed by atoms with E-state index in [1.165, 1.54) is 0 Å². The highest BCUT2D eigenvalue weighted by Gasteiger charge is 2.13. The Morgan fingerprint density at radius 3 is 2.64 bits per heavy atom. The molecular weight excluding hydrogens is 378 g/mol. The van der Waals surface area contributed by atoms with E-state index in [0.717, 1.165) is 28.2 Å². The van der Waals surface area contributed by atoms with Crippen molar-refractivity contribution >= 4 is 49.3 Å². The standard InChI is InChI=1S/C18H19N7O2S/c1-11(2)25-17-15(22-24-25)8-7-12-10-19-18(21-16(12)17)20-13-5-4-6-14(9-13)23-28(3,26)27/h4-11,23H,1-3H3,(H,19,20,21). The molecule has 0 atom stereocenters. The number of benzene rings is 2. The van der Waals surface area contributed by atoms with Gasteiger partial charge in [0.1, 0.15) is 16.6 Å². The van der Waals surface area contributed by atoms with Gasteiger partial charge in [-0.3, -0.25) is 4.72 Å². The van der Waals surface area contributed by atoms with Gasteiger partial charge in [0.05, 0.1) is 11.9 Å². The van der Waals surface area contributed by atoms with Crippen molar-refractivity contribution in [3.8, 4) is 0 Å². The quantitative estimate of drug-likeness (QED) is 0.532. The van der Waals surface area contributed by atoms with Gasteiger partial charge in [0, 0.05) is 23.3 Å². The lowest BCUT2D eigenvalue weighted by atomic mass is 10.2. The number of fused-ring (bicyclic) bond motifs is 3. The molecule has 4 rings (SSSR count). The number of anilines is 3. The molecule has 0 saturated carbocycles. The number of aromatic nitrogens is 5. The van der Waals surface area contributed by atoms with Crippen LogP contribution >= 0.6 is 0 Å². The zero-order valence-electron chi connectivity index (χ0n) is 15.6. The summed E-state index contributed by atoms with van der Waals surface area (Å²) < 4.78 is 27.2. The highest BCUT2D eigenvalue weighted by molar-refractivity contribution is 7.92. The van der Waals surface area contributed by atoms with E-state index in [1.807, 2.05) is 36.7 Å². The summed E-state index contributed by atoms with van der Waals surface area (Å²) in [6.45, 7) is 4.07. The molecule has 10 heteroatoms. The van der Waals surface area contributed by atoms with Crippen molar-refractivity contribution in [2.75, 3.05) is 16.3 Å². The summed E-state index contributed by atoms with van der Waals surface area (Å²) in [4.78, 5) is 9.02. The molecule has 0 amide bonds. The topological polar surface area (TPSA) is 115 Å². The summed E-state index contributed by atoms with van der Waals surface area (Å²) in [6, 6.07) is 10.9. The highest BCUT2D eigenvalue weighted by atomic mass is 32.2. The second-order valence-electron chi connectivity index (χ2n) is 6.77. The van der Waals surface area contributed by atoms with Gasteiger partial charge in [0.2, 0.25) is 16.0 Å². The molecule has 2 aromatic carbocycles. The second kappa shape index (κ2) is 6.71. The molecule has 9 nitrogen and oxygen atoms in total. The Balaban J connectivity index is 1.75. The van der Waals surface area contributed by atoms with Crippen LogP contribution in [0.3, 0.4) is 0 Å². The van der Waals surface area contributed by atoms with Crippen molar-refractivity contribution in [2.45, 2.75) is 19.9 Å². The monoisotopic (exact) mass is 397 g/mol. The van der Waals surface area contributed by atoms with Crippen LogP contribution < -0.4 is 10.0 Å². The lowest BCUT2D eigenvalue weighted by Gasteiger charge is -2.10. The number of hydrogen-bond donors (Lipinski definition) is 2. The Morgan fingerprint density at radius 1 is 1.11 bits per heavy atom. The summed E-state index contributed by atoms with van der Waals surface area (Å²) in [5.41, 5.74) is 3.49. The third-order valence-electron chi connectivity index (χ3n) is 4.09. The van der Waals surface area contributed by atoms with Gasteiger partial charge in [0.15, 0.2) is 0 Å². The van der Waals surface area contributed by atoms with E-state index >= 15 is 0 Å². The van der Waals surface area contributed by atoms with Crippen molar-refractivity contribution in [3.05, 3.63) is 42.6 Å². The van der Waals surface area contributed by atoms with Gasteiger partial charge in [-0.1, -0.05) is 11.3 Å². The van der Waals surface area contributed by atoms with Gasteiger partial charge in [-0.2, -0.15) is 0 Å². The maximum Gasteiger partial charge on any atom is 0.229 e. The summed E-state index contributed by atoms with van der Waals surface area (Å²) >= 11 is 0. The van der Waals surface area contributed by atoms with E-state index in [9.17, 15) is 8.42 Å². The lowest BCUT2D eigenvalue weighted by molar-refractivity contribution is 0.531. The fourth-order valence-electron chi connectivity index (χ4n) is 2.94. The van der Waals surface area contributed by atoms with Crippen molar-refractivity contribution in [2.24, 2.45) is 0 Å². The minimum Gasteiger partial charge on any atom is -0.324 e. The predicted octanol–water partition coefficient (Wildman–Crippen LogP) is 3.07. The molecule has 0 aliphatic carbocycles. The molecule has 0 saturated heterocycles. The van der Waals surface area contributed by atoms with E-state index in [-0.39, 0.29) is 6.04 Å². The molecule has 28 heavy (non-hydrogen) atoms. The van der Waals surface area contributed by atoms with Crippen LogP contribution in [0, 0.1) is 0 Å². The van der Waals surface area contributed by atoms with Gasteiger partial charge in [0.25, 0.3) is 0 Å². The first-order valence-electron chi connectivity index (χ1n) is 8.66. The van der Waals surface area contributed by atoms with Gasteiger partial charge in [-0.15, -0.1) is 5.10 Å². The Labute approximate surface area is 161 Å². The van der Waals surface area contributed by atoms with Crippen molar-refractivity contribution in [3.63, 3.8) is 0 Å². The van der Waals surface area contributed by atoms with E-state index in [0.29, 0.717) is 17.3 Å². The normalized spacial score (nSPS) is 12.0. The Kier molecular flexibility index (Phi) is 4.34. The average molecular weight is 397 g/mol. The first kappa shape index (κ1) is 18.1. The number of sulfonamides is 1. The minimum absolute atomic E-state index is 0.140. The first-order chi connectivity index (χ1) is 13.3. The zero-order valence-corrected chi connectivity index (χ0v) is 16.4. The van der Waals surface area contributed by atoms with Crippen LogP contribution in [0.1, 0.15) is 19.9 Å². The molecule has 0 fully saturated rings. The number of rotatable bonds is 5. The van der Waals surface area contributed by atoms with Gasteiger partial charge >= 0.3 is 0 Å². The SMILES string of the molecule is CC(C)n1nnc2ccc3cnc(Nc4cccc(NS(C)(=O)=O)c4)nc3c21. The molecule has 2 N–H and O–H groups in total. The van der Waals surface area contributed by atoms with E-state index in [2.05, 4.69) is 30.3 Å². The van der Waals surface area contributed by atoms with Crippen molar-refractivity contribution in [1.82, 2.24) is 25.0 Å². The van der Waals surface area contributed by atoms with Gasteiger partial charge in [-0.25, -0.2) is 23.1 Å². The van der Waals surface area contributed by atoms with Crippen LogP contribution in [0.15, 0.2) is 42.6 Å². The first-order valence-corrected chi connectivity index (χ1v) is 10.5. The van der Waals surface area contributed by atoms with Crippen molar-refractivity contribution in [1.29, 1.82) is 0 Å². The third kappa shape index (κ3) is 3.58. The van der Waals surface area contributed by atoms with Crippen LogP contribution in [-0.4, -0.2) is 39.6 Å². The second-order valence-corrected chi connectivity index (χ2v) is 8.52. The smallest absolute Gasteiger partial charge is 0.229 e. The van der Waals surface area contributed by atoms with Crippen LogP contribution in [0.25, 0.3) is 21.9 Å². The summed E-state index contributed by atoms with van der Waals surface area (Å²) in [7, 11) is -3.35. The molecular formula is C18H19N7O2S. The third-order valence-corrected chi connectivity index (χ3v) is 4.70. The highest BCUT2D eigenvalue weighted by Crippen LogP contribution is 2.26. The Bertz CT molecular complexity index is 1280. The molecule has 2 heterocycles. The van der Waals surface area contributed by atoms with Crippen molar-refractivity contribution < 1.29 is 8.42 Å². The maximum absolute atomic E-state index is 11.4. The largest absolute Gasteiger partial charge is 0.324 e. The molecule has 4 aromatic rings. The summed E-state index contributed by atoms with van der Waals surface area (Å²) in [5.74, 6) is 0.396. The predicted molar refractivity (Wildman–Crippen MR) is 109 cm³/mol. The van der Waals surface area contributed by atoms with E-state index in [4.69, 9.17) is 0 Å². The lowest BCUT2D eigenvalue weighted by Crippen LogP contribution is -2.09. The fraction of sp³-hybridized carbons (Fsp3) is 0.222. The van der Waals surface area contributed by atoms with Crippen LogP contribution in [0.2, 0.25) is 0 Å². The molecule has 0 aliphatic heterocycles. The molecule has 144 valence electrons. The number of nitrogens with zero attached hydrogens (tertiary/aromatic N) is 5. The van der Waals surface area contributed by atoms with Crippen LogP contribution in [0.4, 0.5) is 17.3 Å². The van der Waals surface area contributed by atoms with Gasteiger partial charge < -0.3 is 5.32 Å². The molecule has 0 radical (unpaired) electrons. The Hall–Kier alpha value is -3.27. The molecule has 0 spiro atoms. The molecule has 0 unspecified atom stereocenters.